The molecule has 0 bridgehead atoms. The molecule has 1 amide bonds. The standard InChI is InChI=1S/C15H16FN3O.C9H10F2O.C2H6/c1-9(2)4-5-10-8-11(6-7-12(10)16)13-14(20)19(3)15(17)18-13;1-2-7-5-3-4-6-8(7)12-9(10)11;1-2/h6-9,13H,1-3H3,(H2,17,18);3-6,9H,2H2,1H3;1-2H3/t13-;;/m1../s1. The first-order valence-corrected chi connectivity index (χ1v) is 11.1. The van der Waals surface area contributed by atoms with E-state index in [1.54, 1.807) is 37.4 Å². The lowest BCUT2D eigenvalue weighted by molar-refractivity contribution is -0.126. The molecule has 3 rings (SSSR count). The summed E-state index contributed by atoms with van der Waals surface area (Å²) in [4.78, 5) is 17.4. The molecule has 0 aromatic heterocycles. The molecule has 1 aliphatic rings. The fourth-order valence-electron chi connectivity index (χ4n) is 2.83. The number of amides is 1. The van der Waals surface area contributed by atoms with Crippen LogP contribution in [0.5, 0.6) is 5.75 Å². The number of nitrogens with two attached hydrogens (primary N) is 1. The Kier molecular flexibility index (Phi) is 11.7. The van der Waals surface area contributed by atoms with Crippen LogP contribution in [-0.2, 0) is 11.2 Å². The maximum absolute atomic E-state index is 13.7. The maximum atomic E-state index is 13.7. The number of aliphatic imine (C=N–C) groups is 1. The molecular formula is C26H32F3N3O2. The van der Waals surface area contributed by atoms with Crippen LogP contribution in [0, 0.1) is 23.6 Å². The Morgan fingerprint density at radius 2 is 1.82 bits per heavy atom. The molecule has 2 aromatic rings. The number of ether oxygens (including phenoxy) is 1. The molecule has 1 atom stereocenters. The summed E-state index contributed by atoms with van der Waals surface area (Å²) in [5.41, 5.74) is 7.28. The van der Waals surface area contributed by atoms with Crippen molar-refractivity contribution in [3.8, 4) is 17.6 Å². The highest BCUT2D eigenvalue weighted by Crippen LogP contribution is 2.26. The second-order valence-electron chi connectivity index (χ2n) is 7.29. The van der Waals surface area contributed by atoms with Gasteiger partial charge in [-0.1, -0.05) is 70.7 Å². The smallest absolute Gasteiger partial charge is 0.387 e. The van der Waals surface area contributed by atoms with Crippen LogP contribution in [0.15, 0.2) is 47.5 Å². The number of likely N-dealkylation sites (N-methyl/N-ethyl adjacent to an activating group) is 1. The molecule has 0 saturated carbocycles. The van der Waals surface area contributed by atoms with Gasteiger partial charge in [0.15, 0.2) is 12.0 Å². The molecular weight excluding hydrogens is 443 g/mol. The fourth-order valence-corrected chi connectivity index (χ4v) is 2.83. The van der Waals surface area contributed by atoms with Gasteiger partial charge in [0.2, 0.25) is 0 Å². The second kappa shape index (κ2) is 13.9. The number of guanidine groups is 1. The molecule has 0 radical (unpaired) electrons. The largest absolute Gasteiger partial charge is 0.435 e. The van der Waals surface area contributed by atoms with Gasteiger partial charge in [0.05, 0.1) is 5.56 Å². The molecule has 0 unspecified atom stereocenters. The molecule has 0 saturated heterocycles. The first kappa shape index (κ1) is 28.6. The Morgan fingerprint density at radius 3 is 2.35 bits per heavy atom. The van der Waals surface area contributed by atoms with Crippen LogP contribution in [0.1, 0.15) is 57.4 Å². The van der Waals surface area contributed by atoms with Gasteiger partial charge in [-0.3, -0.25) is 9.69 Å². The zero-order valence-electron chi connectivity index (χ0n) is 20.4. The van der Waals surface area contributed by atoms with Crippen LogP contribution >= 0.6 is 0 Å². The van der Waals surface area contributed by atoms with Crippen LogP contribution in [0.25, 0.3) is 0 Å². The van der Waals surface area contributed by atoms with Gasteiger partial charge in [-0.2, -0.15) is 8.78 Å². The average Bonchev–Trinajstić information content (AvgIpc) is 3.07. The van der Waals surface area contributed by atoms with Gasteiger partial charge in [0.1, 0.15) is 11.6 Å². The summed E-state index contributed by atoms with van der Waals surface area (Å²) in [5, 5.41) is 0. The number of alkyl halides is 2. The Balaban J connectivity index is 0.000000353. The lowest BCUT2D eigenvalue weighted by Gasteiger charge is -2.10. The Bertz CT molecular complexity index is 1040. The first-order valence-electron chi connectivity index (χ1n) is 11.1. The number of halogens is 3. The van der Waals surface area contributed by atoms with Gasteiger partial charge >= 0.3 is 6.61 Å². The molecule has 184 valence electrons. The van der Waals surface area contributed by atoms with Crippen molar-refractivity contribution in [1.29, 1.82) is 0 Å². The van der Waals surface area contributed by atoms with Crippen LogP contribution in [0.2, 0.25) is 0 Å². The predicted molar refractivity (Wildman–Crippen MR) is 129 cm³/mol. The van der Waals surface area contributed by atoms with Gasteiger partial charge in [-0.15, -0.1) is 0 Å². The van der Waals surface area contributed by atoms with Gasteiger partial charge in [-0.25, -0.2) is 9.38 Å². The third-order valence-electron chi connectivity index (χ3n) is 4.54. The molecule has 34 heavy (non-hydrogen) atoms. The summed E-state index contributed by atoms with van der Waals surface area (Å²) >= 11 is 0. The van der Waals surface area contributed by atoms with E-state index in [0.29, 0.717) is 12.0 Å². The van der Waals surface area contributed by atoms with Gasteiger partial charge in [-0.05, 0) is 35.7 Å². The summed E-state index contributed by atoms with van der Waals surface area (Å²) in [7, 11) is 1.56. The molecule has 0 aliphatic carbocycles. The molecule has 2 N–H and O–H groups in total. The number of carbonyl (C=O) groups is 1. The minimum absolute atomic E-state index is 0.144. The van der Waals surface area contributed by atoms with Crippen molar-refractivity contribution in [1.82, 2.24) is 4.90 Å². The van der Waals surface area contributed by atoms with E-state index in [-0.39, 0.29) is 29.1 Å². The van der Waals surface area contributed by atoms with E-state index in [9.17, 15) is 18.0 Å². The molecule has 0 spiro atoms. The van der Waals surface area contributed by atoms with E-state index < -0.39 is 18.5 Å². The van der Waals surface area contributed by atoms with E-state index in [0.717, 1.165) is 5.56 Å². The van der Waals surface area contributed by atoms with Crippen molar-refractivity contribution < 1.29 is 22.7 Å². The normalized spacial score (nSPS) is 14.4. The zero-order chi connectivity index (χ0) is 25.8. The lowest BCUT2D eigenvalue weighted by Crippen LogP contribution is -2.34. The summed E-state index contributed by atoms with van der Waals surface area (Å²) in [5.74, 6) is 5.64. The van der Waals surface area contributed by atoms with Gasteiger partial charge in [0, 0.05) is 13.0 Å². The molecule has 2 aromatic carbocycles. The van der Waals surface area contributed by atoms with Crippen molar-refractivity contribution in [3.05, 3.63) is 65.0 Å². The average molecular weight is 476 g/mol. The van der Waals surface area contributed by atoms with E-state index in [1.165, 1.54) is 17.0 Å². The highest BCUT2D eigenvalue weighted by Gasteiger charge is 2.32. The highest BCUT2D eigenvalue weighted by atomic mass is 19.3. The molecule has 8 heteroatoms. The third kappa shape index (κ3) is 8.14. The number of aryl methyl sites for hydroxylation is 1. The summed E-state index contributed by atoms with van der Waals surface area (Å²) in [6.45, 7) is 7.01. The number of nitrogens with zero attached hydrogens (tertiary/aromatic N) is 2. The Labute approximate surface area is 199 Å². The number of para-hydroxylation sites is 1. The van der Waals surface area contributed by atoms with Crippen LogP contribution in [0.4, 0.5) is 13.2 Å². The van der Waals surface area contributed by atoms with Crippen molar-refractivity contribution in [2.45, 2.75) is 53.7 Å². The lowest BCUT2D eigenvalue weighted by atomic mass is 10.0. The number of carbonyl (C=O) groups excluding carboxylic acids is 1. The van der Waals surface area contributed by atoms with Gasteiger partial charge in [0.25, 0.3) is 5.91 Å². The van der Waals surface area contributed by atoms with Crippen molar-refractivity contribution in [2.24, 2.45) is 16.6 Å². The van der Waals surface area contributed by atoms with Crippen molar-refractivity contribution in [3.63, 3.8) is 0 Å². The Hall–Kier alpha value is -3.47. The van der Waals surface area contributed by atoms with E-state index in [2.05, 4.69) is 21.6 Å². The number of benzene rings is 2. The quantitative estimate of drug-likeness (QED) is 0.591. The minimum atomic E-state index is -2.74. The third-order valence-corrected chi connectivity index (χ3v) is 4.54. The summed E-state index contributed by atoms with van der Waals surface area (Å²) < 4.78 is 41.6. The van der Waals surface area contributed by atoms with Crippen molar-refractivity contribution in [2.75, 3.05) is 7.05 Å². The predicted octanol–water partition coefficient (Wildman–Crippen LogP) is 5.54. The van der Waals surface area contributed by atoms with E-state index in [4.69, 9.17) is 5.73 Å². The Morgan fingerprint density at radius 1 is 1.18 bits per heavy atom. The molecule has 1 heterocycles. The van der Waals surface area contributed by atoms with E-state index in [1.807, 2.05) is 34.6 Å². The zero-order valence-corrected chi connectivity index (χ0v) is 20.4. The molecule has 0 fully saturated rings. The maximum Gasteiger partial charge on any atom is 0.387 e. The number of hydrogen-bond donors (Lipinski definition) is 1. The second-order valence-corrected chi connectivity index (χ2v) is 7.29. The number of hydrogen-bond acceptors (Lipinski definition) is 4. The van der Waals surface area contributed by atoms with Crippen LogP contribution in [0.3, 0.4) is 0 Å². The van der Waals surface area contributed by atoms with Crippen molar-refractivity contribution >= 4 is 11.9 Å². The fraction of sp³-hybridized carbons (Fsp3) is 0.385. The molecule has 1 aliphatic heterocycles. The van der Waals surface area contributed by atoms with Gasteiger partial charge < -0.3 is 10.5 Å². The SMILES string of the molecule is CC.CC(C)C#Cc1cc([C@H]2N=C(N)N(C)C2=O)ccc1F.CCc1ccccc1OC(F)F. The summed E-state index contributed by atoms with van der Waals surface area (Å²) in [6, 6.07) is 10.5. The monoisotopic (exact) mass is 475 g/mol. The first-order chi connectivity index (χ1) is 16.1. The van der Waals surface area contributed by atoms with Crippen LogP contribution < -0.4 is 10.5 Å². The number of rotatable bonds is 4. The molecule has 5 nitrogen and oxygen atoms in total. The summed E-state index contributed by atoms with van der Waals surface area (Å²) in [6.07, 6.45) is 0.697. The minimum Gasteiger partial charge on any atom is -0.435 e. The topological polar surface area (TPSA) is 67.9 Å². The van der Waals surface area contributed by atoms with E-state index >= 15 is 0 Å². The van der Waals surface area contributed by atoms with Crippen LogP contribution in [-0.4, -0.2) is 30.4 Å². The highest BCUT2D eigenvalue weighted by molar-refractivity contribution is 6.04.